The van der Waals surface area contributed by atoms with E-state index in [-0.39, 0.29) is 23.9 Å². The van der Waals surface area contributed by atoms with Crippen LogP contribution in [0, 0.1) is 5.92 Å². The first-order valence-electron chi connectivity index (χ1n) is 17.4. The molecule has 1 fully saturated rings. The summed E-state index contributed by atoms with van der Waals surface area (Å²) < 4.78 is 1.71. The second-order valence-corrected chi connectivity index (χ2v) is 13.8. The van der Waals surface area contributed by atoms with E-state index in [1.807, 2.05) is 34.1 Å². The summed E-state index contributed by atoms with van der Waals surface area (Å²) in [6.07, 6.45) is 6.33. The minimum atomic E-state index is -0.698. The highest BCUT2D eigenvalue weighted by molar-refractivity contribution is 5.87. The van der Waals surface area contributed by atoms with Gasteiger partial charge in [0.25, 0.3) is 0 Å². The third-order valence-electron chi connectivity index (χ3n) is 9.61. The number of hydrogen-bond acceptors (Lipinski definition) is 7. The van der Waals surface area contributed by atoms with Crippen LogP contribution in [-0.4, -0.2) is 80.3 Å². The summed E-state index contributed by atoms with van der Waals surface area (Å²) in [6, 6.07) is 27.2. The van der Waals surface area contributed by atoms with Gasteiger partial charge in [-0.1, -0.05) is 98.8 Å². The molecule has 49 heavy (non-hydrogen) atoms. The molecular weight excluding hydrogens is 612 g/mol. The number of carbonyl (C=O) groups is 2. The summed E-state index contributed by atoms with van der Waals surface area (Å²) >= 11 is 0. The number of nitrogens with one attached hydrogen (secondary N) is 1. The van der Waals surface area contributed by atoms with E-state index in [0.717, 1.165) is 45.5 Å². The monoisotopic (exact) mass is 660 g/mol. The van der Waals surface area contributed by atoms with Crippen LogP contribution < -0.4 is 16.9 Å². The molecule has 256 valence electrons. The SMILES string of the molecule is CC(C)C[C@@H]1CN(C(=O)C(N)Cc2ccc3ccccc3c2)C(CCCNn2cnnc2)CN1C(=O)C(N)Cc1ccc2ccccc2c1. The second kappa shape index (κ2) is 15.6. The highest BCUT2D eigenvalue weighted by Crippen LogP contribution is 2.26. The van der Waals surface area contributed by atoms with Crippen molar-refractivity contribution in [3.63, 3.8) is 0 Å². The van der Waals surface area contributed by atoms with Crippen LogP contribution in [0.4, 0.5) is 0 Å². The summed E-state index contributed by atoms with van der Waals surface area (Å²) in [6.45, 7) is 5.81. The van der Waals surface area contributed by atoms with Gasteiger partial charge in [-0.15, -0.1) is 10.2 Å². The van der Waals surface area contributed by atoms with Crippen molar-refractivity contribution in [3.8, 4) is 0 Å². The van der Waals surface area contributed by atoms with E-state index in [2.05, 4.69) is 90.1 Å². The maximum atomic E-state index is 14.2. The molecule has 1 saturated heterocycles. The van der Waals surface area contributed by atoms with Gasteiger partial charge in [-0.3, -0.25) is 9.59 Å². The van der Waals surface area contributed by atoms with Crippen LogP contribution in [-0.2, 0) is 22.4 Å². The van der Waals surface area contributed by atoms with Gasteiger partial charge < -0.3 is 26.7 Å². The van der Waals surface area contributed by atoms with Gasteiger partial charge in [-0.25, -0.2) is 4.68 Å². The van der Waals surface area contributed by atoms with E-state index in [1.165, 1.54) is 0 Å². The van der Waals surface area contributed by atoms with Crippen LogP contribution in [0.3, 0.4) is 0 Å². The van der Waals surface area contributed by atoms with Gasteiger partial charge in [0.15, 0.2) is 0 Å². The Labute approximate surface area is 288 Å². The number of rotatable bonds is 13. The van der Waals surface area contributed by atoms with Crippen molar-refractivity contribution in [1.82, 2.24) is 24.7 Å². The van der Waals surface area contributed by atoms with Crippen LogP contribution in [0.2, 0.25) is 0 Å². The zero-order chi connectivity index (χ0) is 34.3. The molecule has 0 bridgehead atoms. The standard InChI is InChI=1S/C39H48N8O2/c1-27(2)18-35-24-46(38(48)36(40)21-28-13-15-30-8-3-5-10-32(30)19-28)34(12-7-17-44-45-25-42-43-26-45)23-47(35)39(49)37(41)22-29-14-16-31-9-4-6-11-33(31)20-29/h3-6,8-11,13-16,19-20,25-27,34-37,44H,7,12,17-18,21-24,40-41H2,1-2H3/t34?,35-,36?,37?/m1/s1. The Morgan fingerprint density at radius 1 is 0.735 bits per heavy atom. The average Bonchev–Trinajstić information content (AvgIpc) is 3.63. The Bertz CT molecular complexity index is 1860. The molecule has 10 heteroatoms. The number of nitrogens with zero attached hydrogens (tertiary/aromatic N) is 5. The number of piperazine rings is 1. The maximum absolute atomic E-state index is 14.2. The number of carbonyl (C=O) groups excluding carboxylic acids is 2. The van der Waals surface area contributed by atoms with Crippen molar-refractivity contribution in [2.24, 2.45) is 17.4 Å². The molecule has 2 heterocycles. The van der Waals surface area contributed by atoms with E-state index in [4.69, 9.17) is 11.5 Å². The second-order valence-electron chi connectivity index (χ2n) is 13.8. The molecule has 3 unspecified atom stereocenters. The van der Waals surface area contributed by atoms with Crippen LogP contribution >= 0.6 is 0 Å². The third kappa shape index (κ3) is 8.44. The van der Waals surface area contributed by atoms with E-state index in [9.17, 15) is 9.59 Å². The summed E-state index contributed by atoms with van der Waals surface area (Å²) in [5.41, 5.74) is 18.7. The smallest absolute Gasteiger partial charge is 0.240 e. The fourth-order valence-electron chi connectivity index (χ4n) is 7.15. The lowest BCUT2D eigenvalue weighted by Gasteiger charge is -2.48. The van der Waals surface area contributed by atoms with Gasteiger partial charge in [0, 0.05) is 31.7 Å². The van der Waals surface area contributed by atoms with E-state index in [0.29, 0.717) is 44.8 Å². The number of amides is 2. The molecule has 0 aliphatic carbocycles. The molecule has 1 aliphatic heterocycles. The lowest BCUT2D eigenvalue weighted by atomic mass is 9.93. The number of nitrogens with two attached hydrogens (primary N) is 2. The summed E-state index contributed by atoms with van der Waals surface area (Å²) in [7, 11) is 0. The van der Waals surface area contributed by atoms with Crippen molar-refractivity contribution >= 4 is 33.4 Å². The Morgan fingerprint density at radius 3 is 1.76 bits per heavy atom. The minimum Gasteiger partial charge on any atom is -0.335 e. The first kappa shape index (κ1) is 34.1. The molecule has 0 spiro atoms. The van der Waals surface area contributed by atoms with Crippen molar-refractivity contribution in [2.75, 3.05) is 25.1 Å². The molecule has 1 aromatic heterocycles. The van der Waals surface area contributed by atoms with Crippen LogP contribution in [0.15, 0.2) is 97.6 Å². The summed E-state index contributed by atoms with van der Waals surface area (Å²) in [5, 5.41) is 12.3. The van der Waals surface area contributed by atoms with Crippen molar-refractivity contribution in [3.05, 3.63) is 109 Å². The van der Waals surface area contributed by atoms with Gasteiger partial charge in [0.2, 0.25) is 11.8 Å². The highest BCUT2D eigenvalue weighted by Gasteiger charge is 2.40. The first-order valence-corrected chi connectivity index (χ1v) is 17.4. The largest absolute Gasteiger partial charge is 0.335 e. The Kier molecular flexibility index (Phi) is 10.9. The van der Waals surface area contributed by atoms with Crippen LogP contribution in [0.25, 0.3) is 21.5 Å². The molecule has 10 nitrogen and oxygen atoms in total. The summed E-state index contributed by atoms with van der Waals surface area (Å²) in [4.78, 5) is 32.3. The molecule has 1 aliphatic rings. The van der Waals surface area contributed by atoms with Crippen molar-refractivity contribution < 1.29 is 9.59 Å². The Balaban J connectivity index is 1.20. The fourth-order valence-corrected chi connectivity index (χ4v) is 7.15. The van der Waals surface area contributed by atoms with Gasteiger partial charge >= 0.3 is 0 Å². The number of aromatic nitrogens is 3. The maximum Gasteiger partial charge on any atom is 0.240 e. The fraction of sp³-hybridized carbons (Fsp3) is 0.385. The van der Waals surface area contributed by atoms with Crippen molar-refractivity contribution in [2.45, 2.75) is 70.1 Å². The lowest BCUT2D eigenvalue weighted by molar-refractivity contribution is -0.149. The number of fused-ring (bicyclic) bond motifs is 2. The van der Waals surface area contributed by atoms with E-state index in [1.54, 1.807) is 17.3 Å². The normalized spacial score (nSPS) is 17.8. The Morgan fingerprint density at radius 2 is 1.22 bits per heavy atom. The predicted octanol–water partition coefficient (Wildman–Crippen LogP) is 4.50. The third-order valence-corrected chi connectivity index (χ3v) is 9.61. The first-order chi connectivity index (χ1) is 23.7. The van der Waals surface area contributed by atoms with Gasteiger partial charge in [-0.2, -0.15) is 0 Å². The average molecular weight is 661 g/mol. The molecule has 6 rings (SSSR count). The molecule has 5 N–H and O–H groups in total. The van der Waals surface area contributed by atoms with Crippen LogP contribution in [0.1, 0.15) is 44.2 Å². The number of benzene rings is 4. The minimum absolute atomic E-state index is 0.0704. The molecule has 5 aromatic rings. The van der Waals surface area contributed by atoms with E-state index >= 15 is 0 Å². The lowest BCUT2D eigenvalue weighted by Crippen LogP contribution is -2.65. The molecule has 2 amide bonds. The Hall–Kier alpha value is -4.80. The molecule has 0 saturated carbocycles. The zero-order valence-corrected chi connectivity index (χ0v) is 28.5. The molecule has 4 aromatic carbocycles. The zero-order valence-electron chi connectivity index (χ0n) is 28.5. The molecule has 0 radical (unpaired) electrons. The van der Waals surface area contributed by atoms with Crippen LogP contribution in [0.5, 0.6) is 0 Å². The van der Waals surface area contributed by atoms with Gasteiger partial charge in [0.05, 0.1) is 12.1 Å². The predicted molar refractivity (Wildman–Crippen MR) is 195 cm³/mol. The van der Waals surface area contributed by atoms with Gasteiger partial charge in [-0.05, 0) is 70.7 Å². The van der Waals surface area contributed by atoms with Crippen molar-refractivity contribution in [1.29, 1.82) is 0 Å². The topological polar surface area (TPSA) is 135 Å². The highest BCUT2D eigenvalue weighted by atomic mass is 16.2. The van der Waals surface area contributed by atoms with Gasteiger partial charge in [0.1, 0.15) is 12.7 Å². The summed E-state index contributed by atoms with van der Waals surface area (Å²) in [5.74, 6) is 0.176. The molecule has 4 atom stereocenters. The van der Waals surface area contributed by atoms with E-state index < -0.39 is 12.1 Å². The quantitative estimate of drug-likeness (QED) is 0.158. The number of hydrogen-bond donors (Lipinski definition) is 3. The molecular formula is C39H48N8O2.